The highest BCUT2D eigenvalue weighted by Gasteiger charge is 2.15. The summed E-state index contributed by atoms with van der Waals surface area (Å²) in [4.78, 5) is 28.8. The zero-order chi connectivity index (χ0) is 19.8. The standard InChI is InChI=1S/C22H21N3O3/c1-2-28-22(27)19-10-6-7-11-20(19)25-21(26)17-12-18(15-23-14-17)24-13-16-8-4-3-5-9-16/h3-12,14-15,24H,2,13H2,1H3,(H,25,26). The van der Waals surface area contributed by atoms with E-state index in [0.717, 1.165) is 11.3 Å². The van der Waals surface area contributed by atoms with Gasteiger partial charge in [0.2, 0.25) is 0 Å². The van der Waals surface area contributed by atoms with Gasteiger partial charge in [0.15, 0.2) is 0 Å². The summed E-state index contributed by atoms with van der Waals surface area (Å²) in [6.45, 7) is 2.62. The lowest BCUT2D eigenvalue weighted by molar-refractivity contribution is 0.0527. The van der Waals surface area contributed by atoms with Crippen LogP contribution in [0.5, 0.6) is 0 Å². The van der Waals surface area contributed by atoms with Gasteiger partial charge in [0.05, 0.1) is 29.1 Å². The Morgan fingerprint density at radius 1 is 1.00 bits per heavy atom. The lowest BCUT2D eigenvalue weighted by atomic mass is 10.1. The van der Waals surface area contributed by atoms with Gasteiger partial charge in [-0.05, 0) is 30.7 Å². The summed E-state index contributed by atoms with van der Waals surface area (Å²) in [5, 5.41) is 6.01. The van der Waals surface area contributed by atoms with Crippen molar-refractivity contribution in [3.63, 3.8) is 0 Å². The van der Waals surface area contributed by atoms with Crippen molar-refractivity contribution in [2.75, 3.05) is 17.2 Å². The van der Waals surface area contributed by atoms with E-state index >= 15 is 0 Å². The number of anilines is 2. The number of amides is 1. The van der Waals surface area contributed by atoms with E-state index in [4.69, 9.17) is 4.74 Å². The van der Waals surface area contributed by atoms with Gasteiger partial charge in [0, 0.05) is 18.9 Å². The van der Waals surface area contributed by atoms with Crippen LogP contribution in [0.15, 0.2) is 73.1 Å². The van der Waals surface area contributed by atoms with Crippen molar-refractivity contribution >= 4 is 23.3 Å². The third-order valence-electron chi connectivity index (χ3n) is 4.01. The minimum atomic E-state index is -0.477. The van der Waals surface area contributed by atoms with Gasteiger partial charge in [0.1, 0.15) is 0 Å². The fourth-order valence-electron chi connectivity index (χ4n) is 2.63. The predicted octanol–water partition coefficient (Wildman–Crippen LogP) is 4.12. The molecule has 3 rings (SSSR count). The Labute approximate surface area is 163 Å². The minimum absolute atomic E-state index is 0.264. The number of aromatic nitrogens is 1. The second-order valence-electron chi connectivity index (χ2n) is 6.02. The molecule has 6 nitrogen and oxygen atoms in total. The Hall–Kier alpha value is -3.67. The van der Waals surface area contributed by atoms with Gasteiger partial charge in [-0.15, -0.1) is 0 Å². The van der Waals surface area contributed by atoms with Crippen LogP contribution in [0.25, 0.3) is 0 Å². The monoisotopic (exact) mass is 375 g/mol. The van der Waals surface area contributed by atoms with Crippen LogP contribution in [0, 0.1) is 0 Å². The molecule has 0 aliphatic rings. The van der Waals surface area contributed by atoms with Crippen molar-refractivity contribution in [2.24, 2.45) is 0 Å². The highest BCUT2D eigenvalue weighted by atomic mass is 16.5. The Kier molecular flexibility index (Phi) is 6.36. The number of nitrogens with zero attached hydrogens (tertiary/aromatic N) is 1. The Balaban J connectivity index is 1.71. The second-order valence-corrected chi connectivity index (χ2v) is 6.02. The van der Waals surface area contributed by atoms with Crippen LogP contribution in [-0.4, -0.2) is 23.5 Å². The number of rotatable bonds is 7. The summed E-state index contributed by atoms with van der Waals surface area (Å²) in [5.74, 6) is -0.831. The van der Waals surface area contributed by atoms with Crippen LogP contribution in [-0.2, 0) is 11.3 Å². The maximum Gasteiger partial charge on any atom is 0.340 e. The fraction of sp³-hybridized carbons (Fsp3) is 0.136. The zero-order valence-corrected chi connectivity index (χ0v) is 15.5. The van der Waals surface area contributed by atoms with Crippen LogP contribution in [0.3, 0.4) is 0 Å². The first kappa shape index (κ1) is 19.1. The van der Waals surface area contributed by atoms with Crippen molar-refractivity contribution in [3.8, 4) is 0 Å². The topological polar surface area (TPSA) is 80.3 Å². The molecule has 1 heterocycles. The van der Waals surface area contributed by atoms with E-state index in [-0.39, 0.29) is 12.5 Å². The minimum Gasteiger partial charge on any atom is -0.462 e. The molecular formula is C22H21N3O3. The highest BCUT2D eigenvalue weighted by Crippen LogP contribution is 2.18. The largest absolute Gasteiger partial charge is 0.462 e. The Morgan fingerprint density at radius 3 is 2.54 bits per heavy atom. The van der Waals surface area contributed by atoms with Crippen molar-refractivity contribution in [2.45, 2.75) is 13.5 Å². The van der Waals surface area contributed by atoms with E-state index in [1.54, 1.807) is 43.5 Å². The first-order valence-electron chi connectivity index (χ1n) is 8.97. The average Bonchev–Trinajstić information content (AvgIpc) is 2.74. The third-order valence-corrected chi connectivity index (χ3v) is 4.01. The molecule has 1 amide bonds. The number of pyridine rings is 1. The third kappa shape index (κ3) is 4.94. The van der Waals surface area contributed by atoms with E-state index in [1.165, 1.54) is 6.20 Å². The predicted molar refractivity (Wildman–Crippen MR) is 108 cm³/mol. The summed E-state index contributed by atoms with van der Waals surface area (Å²) in [5.41, 5.74) is 2.95. The molecule has 0 spiro atoms. The van der Waals surface area contributed by atoms with Crippen LogP contribution in [0.4, 0.5) is 11.4 Å². The molecule has 0 fully saturated rings. The second kappa shape index (κ2) is 9.32. The molecule has 2 aromatic carbocycles. The van der Waals surface area contributed by atoms with E-state index in [9.17, 15) is 9.59 Å². The molecule has 0 radical (unpaired) electrons. The van der Waals surface area contributed by atoms with Crippen molar-refractivity contribution in [3.05, 3.63) is 89.7 Å². The SMILES string of the molecule is CCOC(=O)c1ccccc1NC(=O)c1cncc(NCc2ccccc2)c1. The molecule has 0 saturated heterocycles. The molecule has 2 N–H and O–H groups in total. The number of carbonyl (C=O) groups excluding carboxylic acids is 2. The van der Waals surface area contributed by atoms with Crippen LogP contribution in [0.1, 0.15) is 33.2 Å². The molecular weight excluding hydrogens is 354 g/mol. The van der Waals surface area contributed by atoms with E-state index < -0.39 is 5.97 Å². The van der Waals surface area contributed by atoms with Gasteiger partial charge < -0.3 is 15.4 Å². The number of carbonyl (C=O) groups is 2. The van der Waals surface area contributed by atoms with Gasteiger partial charge in [-0.3, -0.25) is 9.78 Å². The van der Waals surface area contributed by atoms with E-state index in [2.05, 4.69) is 15.6 Å². The smallest absolute Gasteiger partial charge is 0.340 e. The van der Waals surface area contributed by atoms with Gasteiger partial charge in [-0.1, -0.05) is 42.5 Å². The van der Waals surface area contributed by atoms with Crippen LogP contribution >= 0.6 is 0 Å². The number of nitrogens with one attached hydrogen (secondary N) is 2. The van der Waals surface area contributed by atoms with Crippen LogP contribution in [0.2, 0.25) is 0 Å². The number of esters is 1. The molecule has 0 aliphatic carbocycles. The van der Waals surface area contributed by atoms with Gasteiger partial charge in [-0.2, -0.15) is 0 Å². The molecule has 0 unspecified atom stereocenters. The van der Waals surface area contributed by atoms with Crippen molar-refractivity contribution in [1.82, 2.24) is 4.98 Å². The molecule has 0 atom stereocenters. The summed E-state index contributed by atoms with van der Waals surface area (Å²) in [6.07, 6.45) is 3.14. The highest BCUT2D eigenvalue weighted by molar-refractivity contribution is 6.08. The van der Waals surface area contributed by atoms with E-state index in [1.807, 2.05) is 30.3 Å². The summed E-state index contributed by atoms with van der Waals surface area (Å²) in [6, 6.07) is 18.4. The average molecular weight is 375 g/mol. The number of ether oxygens (including phenoxy) is 1. The van der Waals surface area contributed by atoms with Crippen molar-refractivity contribution < 1.29 is 14.3 Å². The summed E-state index contributed by atoms with van der Waals surface area (Å²) in [7, 11) is 0. The Morgan fingerprint density at radius 2 is 1.75 bits per heavy atom. The molecule has 0 saturated carbocycles. The maximum absolute atomic E-state index is 12.6. The fourth-order valence-corrected chi connectivity index (χ4v) is 2.63. The van der Waals surface area contributed by atoms with Gasteiger partial charge in [0.25, 0.3) is 5.91 Å². The Bertz CT molecular complexity index is 958. The van der Waals surface area contributed by atoms with Gasteiger partial charge >= 0.3 is 5.97 Å². The zero-order valence-electron chi connectivity index (χ0n) is 15.5. The lowest BCUT2D eigenvalue weighted by Crippen LogP contribution is -2.16. The molecule has 1 aromatic heterocycles. The van der Waals surface area contributed by atoms with Crippen molar-refractivity contribution in [1.29, 1.82) is 0 Å². The number of para-hydroxylation sites is 1. The maximum atomic E-state index is 12.6. The lowest BCUT2D eigenvalue weighted by Gasteiger charge is -2.11. The molecule has 3 aromatic rings. The van der Waals surface area contributed by atoms with E-state index in [0.29, 0.717) is 23.4 Å². The first-order valence-corrected chi connectivity index (χ1v) is 8.97. The van der Waals surface area contributed by atoms with Crippen LogP contribution < -0.4 is 10.6 Å². The molecule has 142 valence electrons. The number of hydrogen-bond acceptors (Lipinski definition) is 5. The molecule has 28 heavy (non-hydrogen) atoms. The quantitative estimate of drug-likeness (QED) is 0.607. The summed E-state index contributed by atoms with van der Waals surface area (Å²) < 4.78 is 5.04. The van der Waals surface area contributed by atoms with Gasteiger partial charge in [-0.25, -0.2) is 4.79 Å². The molecule has 6 heteroatoms. The number of hydrogen-bond donors (Lipinski definition) is 2. The summed E-state index contributed by atoms with van der Waals surface area (Å²) >= 11 is 0. The first-order chi connectivity index (χ1) is 13.7. The molecule has 0 bridgehead atoms. The number of benzene rings is 2. The molecule has 0 aliphatic heterocycles. The normalized spacial score (nSPS) is 10.2.